The van der Waals surface area contributed by atoms with Crippen molar-refractivity contribution in [2.75, 3.05) is 0 Å². The summed E-state index contributed by atoms with van der Waals surface area (Å²) >= 11 is 0. The Morgan fingerprint density at radius 2 is 2.40 bits per heavy atom. The predicted octanol–water partition coefficient (Wildman–Crippen LogP) is 3.24. The van der Waals surface area contributed by atoms with Crippen LogP contribution in [0.4, 0.5) is 0 Å². The van der Waals surface area contributed by atoms with Crippen LogP contribution in [0.1, 0.15) is 33.1 Å². The van der Waals surface area contributed by atoms with E-state index in [1.165, 1.54) is 19.3 Å². The maximum Gasteiger partial charge on any atom is -0.0202 e. The van der Waals surface area contributed by atoms with Gasteiger partial charge in [0.1, 0.15) is 0 Å². The van der Waals surface area contributed by atoms with E-state index in [2.05, 4.69) is 26.5 Å². The Kier molecular flexibility index (Phi) is 2.53. The van der Waals surface area contributed by atoms with E-state index in [0.29, 0.717) is 0 Å². The zero-order valence-electron chi connectivity index (χ0n) is 7.14. The van der Waals surface area contributed by atoms with Gasteiger partial charge >= 0.3 is 0 Å². The summed E-state index contributed by atoms with van der Waals surface area (Å²) in [6.07, 6.45) is 6.26. The van der Waals surface area contributed by atoms with Crippen LogP contribution in [-0.4, -0.2) is 0 Å². The van der Waals surface area contributed by atoms with Crippen LogP contribution in [0.25, 0.3) is 0 Å². The van der Waals surface area contributed by atoms with Crippen LogP contribution in [0.15, 0.2) is 12.7 Å². The highest BCUT2D eigenvalue weighted by molar-refractivity contribution is 4.99. The third-order valence-electron chi connectivity index (χ3n) is 2.67. The fraction of sp³-hybridized carbons (Fsp3) is 0.800. The highest BCUT2D eigenvalue weighted by atomic mass is 14.4. The summed E-state index contributed by atoms with van der Waals surface area (Å²) < 4.78 is 0. The zero-order chi connectivity index (χ0) is 7.56. The van der Waals surface area contributed by atoms with Crippen LogP contribution in [0, 0.1) is 17.8 Å². The van der Waals surface area contributed by atoms with Crippen molar-refractivity contribution in [3.05, 3.63) is 12.7 Å². The van der Waals surface area contributed by atoms with Crippen LogP contribution in [0.3, 0.4) is 0 Å². The molecule has 1 aliphatic carbocycles. The Morgan fingerprint density at radius 3 is 2.80 bits per heavy atom. The van der Waals surface area contributed by atoms with Gasteiger partial charge in [-0.2, -0.15) is 0 Å². The maximum absolute atomic E-state index is 3.82. The molecule has 0 bridgehead atoms. The molecular weight excluding hydrogens is 120 g/mol. The van der Waals surface area contributed by atoms with Crippen molar-refractivity contribution >= 4 is 0 Å². The van der Waals surface area contributed by atoms with Gasteiger partial charge in [0.25, 0.3) is 0 Å². The van der Waals surface area contributed by atoms with E-state index in [1.807, 2.05) is 0 Å². The number of rotatable bonds is 4. The number of hydrogen-bond donors (Lipinski definition) is 0. The monoisotopic (exact) mass is 138 g/mol. The second-order valence-corrected chi connectivity index (χ2v) is 3.57. The van der Waals surface area contributed by atoms with Crippen molar-refractivity contribution in [2.24, 2.45) is 17.8 Å². The second kappa shape index (κ2) is 3.23. The van der Waals surface area contributed by atoms with E-state index < -0.39 is 0 Å². The standard InChI is InChI=1S/C10H18/c1-4-6-8(3)10-7-9(10)5-2/h5,8-10H,2,4,6-7H2,1,3H3. The molecule has 3 unspecified atom stereocenters. The van der Waals surface area contributed by atoms with Gasteiger partial charge in [0, 0.05) is 0 Å². The van der Waals surface area contributed by atoms with Crippen molar-refractivity contribution in [1.29, 1.82) is 0 Å². The minimum atomic E-state index is 0.863. The van der Waals surface area contributed by atoms with Gasteiger partial charge in [0.15, 0.2) is 0 Å². The Labute approximate surface area is 64.3 Å². The highest BCUT2D eigenvalue weighted by Gasteiger charge is 2.37. The molecule has 1 saturated carbocycles. The Morgan fingerprint density at radius 1 is 1.70 bits per heavy atom. The lowest BCUT2D eigenvalue weighted by Gasteiger charge is -2.06. The van der Waals surface area contributed by atoms with Gasteiger partial charge in [0.05, 0.1) is 0 Å². The number of hydrogen-bond acceptors (Lipinski definition) is 0. The molecule has 0 nitrogen and oxygen atoms in total. The molecule has 1 aliphatic rings. The third-order valence-corrected chi connectivity index (χ3v) is 2.67. The van der Waals surface area contributed by atoms with Gasteiger partial charge < -0.3 is 0 Å². The fourth-order valence-corrected chi connectivity index (χ4v) is 1.83. The average molecular weight is 138 g/mol. The van der Waals surface area contributed by atoms with Crippen LogP contribution in [0.2, 0.25) is 0 Å². The van der Waals surface area contributed by atoms with Gasteiger partial charge in [-0.3, -0.25) is 0 Å². The summed E-state index contributed by atoms with van der Waals surface area (Å²) in [5, 5.41) is 0. The molecule has 58 valence electrons. The molecule has 0 radical (unpaired) electrons. The molecule has 10 heavy (non-hydrogen) atoms. The van der Waals surface area contributed by atoms with E-state index in [4.69, 9.17) is 0 Å². The van der Waals surface area contributed by atoms with E-state index in [0.717, 1.165) is 17.8 Å². The summed E-state index contributed by atoms with van der Waals surface area (Å²) in [6, 6.07) is 0. The van der Waals surface area contributed by atoms with Crippen LogP contribution >= 0.6 is 0 Å². The molecular formula is C10H18. The Bertz CT molecular complexity index is 115. The van der Waals surface area contributed by atoms with E-state index >= 15 is 0 Å². The molecule has 0 aromatic rings. The van der Waals surface area contributed by atoms with Gasteiger partial charge in [-0.15, -0.1) is 6.58 Å². The van der Waals surface area contributed by atoms with Gasteiger partial charge in [-0.05, 0) is 24.2 Å². The third kappa shape index (κ3) is 1.62. The normalized spacial score (nSPS) is 33.4. The highest BCUT2D eigenvalue weighted by Crippen LogP contribution is 2.46. The average Bonchev–Trinajstić information content (AvgIpc) is 2.66. The lowest BCUT2D eigenvalue weighted by molar-refractivity contribution is 0.451. The Hall–Kier alpha value is -0.260. The molecule has 0 saturated heterocycles. The summed E-state index contributed by atoms with van der Waals surface area (Å²) in [6.45, 7) is 8.45. The largest absolute Gasteiger partial charge is 0.103 e. The second-order valence-electron chi connectivity index (χ2n) is 3.57. The van der Waals surface area contributed by atoms with E-state index in [9.17, 15) is 0 Å². The van der Waals surface area contributed by atoms with Crippen LogP contribution in [0.5, 0.6) is 0 Å². The molecule has 0 spiro atoms. The summed E-state index contributed by atoms with van der Waals surface area (Å²) in [5.41, 5.74) is 0. The van der Waals surface area contributed by atoms with Gasteiger partial charge in [-0.25, -0.2) is 0 Å². The molecule has 0 aromatic carbocycles. The van der Waals surface area contributed by atoms with Crippen molar-refractivity contribution in [3.8, 4) is 0 Å². The van der Waals surface area contributed by atoms with Gasteiger partial charge in [0.2, 0.25) is 0 Å². The summed E-state index contributed by atoms with van der Waals surface area (Å²) in [4.78, 5) is 0. The molecule has 0 heteroatoms. The lowest BCUT2D eigenvalue weighted by atomic mass is 9.99. The van der Waals surface area contributed by atoms with Crippen molar-refractivity contribution < 1.29 is 0 Å². The zero-order valence-corrected chi connectivity index (χ0v) is 7.14. The molecule has 0 aromatic heterocycles. The molecule has 1 fully saturated rings. The topological polar surface area (TPSA) is 0 Å². The SMILES string of the molecule is C=CC1CC1C(C)CCC. The van der Waals surface area contributed by atoms with Crippen molar-refractivity contribution in [2.45, 2.75) is 33.1 Å². The van der Waals surface area contributed by atoms with E-state index in [-0.39, 0.29) is 0 Å². The fourth-order valence-electron chi connectivity index (χ4n) is 1.83. The first-order valence-electron chi connectivity index (χ1n) is 4.42. The van der Waals surface area contributed by atoms with Crippen molar-refractivity contribution in [1.82, 2.24) is 0 Å². The van der Waals surface area contributed by atoms with Crippen LogP contribution in [-0.2, 0) is 0 Å². The molecule has 0 amide bonds. The molecule has 0 N–H and O–H groups in total. The lowest BCUT2D eigenvalue weighted by Crippen LogP contribution is -1.97. The predicted molar refractivity (Wildman–Crippen MR) is 45.9 cm³/mol. The molecule has 3 atom stereocenters. The molecule has 1 rings (SSSR count). The van der Waals surface area contributed by atoms with Crippen LogP contribution < -0.4 is 0 Å². The first kappa shape index (κ1) is 7.84. The first-order chi connectivity index (χ1) is 4.79. The Balaban J connectivity index is 2.18. The smallest absolute Gasteiger partial charge is 0.0202 e. The minimum absolute atomic E-state index is 0.863. The summed E-state index contributed by atoms with van der Waals surface area (Å²) in [5.74, 6) is 2.78. The number of allylic oxidation sites excluding steroid dienone is 1. The van der Waals surface area contributed by atoms with E-state index in [1.54, 1.807) is 0 Å². The van der Waals surface area contributed by atoms with Gasteiger partial charge in [-0.1, -0.05) is 32.8 Å². The summed E-state index contributed by atoms with van der Waals surface area (Å²) in [7, 11) is 0. The quantitative estimate of drug-likeness (QED) is 0.523. The molecule has 0 aliphatic heterocycles. The first-order valence-corrected chi connectivity index (χ1v) is 4.42. The minimum Gasteiger partial charge on any atom is -0.103 e. The van der Waals surface area contributed by atoms with Crippen molar-refractivity contribution in [3.63, 3.8) is 0 Å². The molecule has 0 heterocycles. The maximum atomic E-state index is 3.82.